The molecule has 1 unspecified atom stereocenters. The molecule has 0 saturated carbocycles. The molecular weight excluding hydrogens is 458 g/mol. The van der Waals surface area contributed by atoms with Crippen LogP contribution < -0.4 is 10.1 Å². The zero-order valence-electron chi connectivity index (χ0n) is 18.1. The number of aromatic nitrogens is 4. The molecule has 2 aromatic carbocycles. The Hall–Kier alpha value is -3.36. The van der Waals surface area contributed by atoms with E-state index < -0.39 is 0 Å². The van der Waals surface area contributed by atoms with E-state index in [-0.39, 0.29) is 11.2 Å². The maximum Gasteiger partial charge on any atom is 0.233 e. The number of nitrogens with zero attached hydrogens (tertiary/aromatic N) is 4. The number of thioether (sulfide) groups is 1. The standard InChI is InChI=1S/C24H22ClN5O2S/c1-16(23(31)27-15-17-3-5-19(25)6-4-17)33-24-29-28-22(18-11-13-26-14-12-18)30(24)20-7-9-21(32-2)10-8-20/h3-14,16H,15H2,1-2H3,(H,27,31). The molecule has 0 fully saturated rings. The van der Waals surface area contributed by atoms with Crippen molar-refractivity contribution in [1.29, 1.82) is 0 Å². The maximum absolute atomic E-state index is 12.8. The lowest BCUT2D eigenvalue weighted by atomic mass is 10.2. The molecule has 7 nitrogen and oxygen atoms in total. The Morgan fingerprint density at radius 1 is 1.06 bits per heavy atom. The van der Waals surface area contributed by atoms with Crippen LogP contribution in [-0.4, -0.2) is 38.0 Å². The van der Waals surface area contributed by atoms with Gasteiger partial charge >= 0.3 is 0 Å². The summed E-state index contributed by atoms with van der Waals surface area (Å²) in [5.74, 6) is 1.32. The van der Waals surface area contributed by atoms with E-state index in [2.05, 4.69) is 20.5 Å². The first-order chi connectivity index (χ1) is 16.0. The molecule has 0 radical (unpaired) electrons. The highest BCUT2D eigenvalue weighted by atomic mass is 35.5. The predicted molar refractivity (Wildman–Crippen MR) is 130 cm³/mol. The number of carbonyl (C=O) groups excluding carboxylic acids is 1. The van der Waals surface area contributed by atoms with Gasteiger partial charge in [0.25, 0.3) is 0 Å². The second-order valence-corrected chi connectivity index (χ2v) is 8.92. The van der Waals surface area contributed by atoms with E-state index in [0.29, 0.717) is 22.5 Å². The largest absolute Gasteiger partial charge is 0.497 e. The van der Waals surface area contributed by atoms with E-state index in [0.717, 1.165) is 22.6 Å². The molecule has 0 aliphatic heterocycles. The SMILES string of the molecule is COc1ccc(-n2c(SC(C)C(=O)NCc3ccc(Cl)cc3)nnc2-c2ccncc2)cc1. The average Bonchev–Trinajstić information content (AvgIpc) is 3.27. The van der Waals surface area contributed by atoms with Crippen LogP contribution in [0.25, 0.3) is 17.1 Å². The van der Waals surface area contributed by atoms with Crippen LogP contribution in [0.4, 0.5) is 0 Å². The fourth-order valence-electron chi connectivity index (χ4n) is 3.15. The van der Waals surface area contributed by atoms with E-state index >= 15 is 0 Å². The van der Waals surface area contributed by atoms with Crippen molar-refractivity contribution in [3.05, 3.63) is 83.6 Å². The van der Waals surface area contributed by atoms with Crippen molar-refractivity contribution in [2.75, 3.05) is 7.11 Å². The van der Waals surface area contributed by atoms with Gasteiger partial charge in [0.05, 0.1) is 12.4 Å². The lowest BCUT2D eigenvalue weighted by Crippen LogP contribution is -2.30. The highest BCUT2D eigenvalue weighted by molar-refractivity contribution is 8.00. The van der Waals surface area contributed by atoms with Crippen LogP contribution in [0, 0.1) is 0 Å². The number of ether oxygens (including phenoxy) is 1. The summed E-state index contributed by atoms with van der Waals surface area (Å²) in [4.78, 5) is 16.8. The molecule has 4 aromatic rings. The Morgan fingerprint density at radius 2 is 1.76 bits per heavy atom. The molecule has 2 aromatic heterocycles. The van der Waals surface area contributed by atoms with Crippen molar-refractivity contribution in [3.8, 4) is 22.8 Å². The molecule has 1 amide bonds. The second kappa shape index (κ2) is 10.5. The molecule has 1 N–H and O–H groups in total. The quantitative estimate of drug-likeness (QED) is 0.366. The summed E-state index contributed by atoms with van der Waals surface area (Å²) >= 11 is 7.27. The number of rotatable bonds is 8. The Kier molecular flexibility index (Phi) is 7.26. The molecule has 0 aliphatic carbocycles. The van der Waals surface area contributed by atoms with Crippen molar-refractivity contribution >= 4 is 29.3 Å². The van der Waals surface area contributed by atoms with Gasteiger partial charge < -0.3 is 10.1 Å². The predicted octanol–water partition coefficient (Wildman–Crippen LogP) is 4.79. The van der Waals surface area contributed by atoms with Gasteiger partial charge in [-0.3, -0.25) is 14.3 Å². The summed E-state index contributed by atoms with van der Waals surface area (Å²) < 4.78 is 7.22. The molecule has 0 saturated heterocycles. The molecule has 4 rings (SSSR count). The average molecular weight is 480 g/mol. The first-order valence-electron chi connectivity index (χ1n) is 10.2. The van der Waals surface area contributed by atoms with E-state index in [4.69, 9.17) is 16.3 Å². The lowest BCUT2D eigenvalue weighted by molar-refractivity contribution is -0.120. The zero-order chi connectivity index (χ0) is 23.2. The Balaban J connectivity index is 1.56. The normalized spacial score (nSPS) is 11.7. The number of pyridine rings is 1. The van der Waals surface area contributed by atoms with E-state index in [9.17, 15) is 4.79 Å². The van der Waals surface area contributed by atoms with Gasteiger partial charge in [0.1, 0.15) is 5.75 Å². The van der Waals surface area contributed by atoms with Gasteiger partial charge in [0, 0.05) is 35.2 Å². The fraction of sp³-hybridized carbons (Fsp3) is 0.167. The Bertz CT molecular complexity index is 1210. The van der Waals surface area contributed by atoms with Crippen LogP contribution in [0.15, 0.2) is 78.2 Å². The second-order valence-electron chi connectivity index (χ2n) is 7.18. The molecule has 33 heavy (non-hydrogen) atoms. The number of hydrogen-bond acceptors (Lipinski definition) is 6. The Labute approximate surface area is 201 Å². The van der Waals surface area contributed by atoms with Gasteiger partial charge in [0.15, 0.2) is 11.0 Å². The van der Waals surface area contributed by atoms with Crippen molar-refractivity contribution in [3.63, 3.8) is 0 Å². The molecule has 0 spiro atoms. The van der Waals surface area contributed by atoms with Crippen LogP contribution in [0.1, 0.15) is 12.5 Å². The lowest BCUT2D eigenvalue weighted by Gasteiger charge is -2.14. The van der Waals surface area contributed by atoms with Gasteiger partial charge in [-0.05, 0) is 61.0 Å². The third kappa shape index (κ3) is 5.53. The summed E-state index contributed by atoms with van der Waals surface area (Å²) in [5, 5.41) is 12.7. The fourth-order valence-corrected chi connectivity index (χ4v) is 4.16. The van der Waals surface area contributed by atoms with E-state index in [1.54, 1.807) is 31.6 Å². The van der Waals surface area contributed by atoms with Gasteiger partial charge in [0.2, 0.25) is 5.91 Å². The minimum Gasteiger partial charge on any atom is -0.497 e. The van der Waals surface area contributed by atoms with Crippen molar-refractivity contribution in [2.45, 2.75) is 23.9 Å². The van der Waals surface area contributed by atoms with Gasteiger partial charge in [-0.2, -0.15) is 0 Å². The molecule has 9 heteroatoms. The van der Waals surface area contributed by atoms with E-state index in [1.165, 1.54) is 11.8 Å². The molecule has 0 aliphatic rings. The molecule has 0 bridgehead atoms. The summed E-state index contributed by atoms with van der Waals surface area (Å²) in [6.07, 6.45) is 3.42. The van der Waals surface area contributed by atoms with Crippen molar-refractivity contribution in [1.82, 2.24) is 25.1 Å². The number of methoxy groups -OCH3 is 1. The smallest absolute Gasteiger partial charge is 0.233 e. The summed E-state index contributed by atoms with van der Waals surface area (Å²) in [5.41, 5.74) is 2.72. The van der Waals surface area contributed by atoms with Crippen LogP contribution in [0.5, 0.6) is 5.75 Å². The van der Waals surface area contributed by atoms with Gasteiger partial charge in [-0.15, -0.1) is 10.2 Å². The summed E-state index contributed by atoms with van der Waals surface area (Å²) in [6, 6.07) is 18.8. The number of halogens is 1. The number of benzene rings is 2. The number of amides is 1. The minimum atomic E-state index is -0.385. The van der Waals surface area contributed by atoms with Crippen LogP contribution in [-0.2, 0) is 11.3 Å². The molecular formula is C24H22ClN5O2S. The van der Waals surface area contributed by atoms with Crippen LogP contribution in [0.3, 0.4) is 0 Å². The molecule has 168 valence electrons. The molecule has 1 atom stereocenters. The van der Waals surface area contributed by atoms with Crippen molar-refractivity contribution in [2.24, 2.45) is 0 Å². The number of hydrogen-bond donors (Lipinski definition) is 1. The topological polar surface area (TPSA) is 81.9 Å². The first-order valence-corrected chi connectivity index (χ1v) is 11.5. The van der Waals surface area contributed by atoms with Crippen molar-refractivity contribution < 1.29 is 9.53 Å². The first kappa shape index (κ1) is 22.8. The van der Waals surface area contributed by atoms with Gasteiger partial charge in [-0.25, -0.2) is 0 Å². The summed E-state index contributed by atoms with van der Waals surface area (Å²) in [7, 11) is 1.63. The zero-order valence-corrected chi connectivity index (χ0v) is 19.7. The monoisotopic (exact) mass is 479 g/mol. The molecule has 2 heterocycles. The highest BCUT2D eigenvalue weighted by Gasteiger charge is 2.22. The number of carbonyl (C=O) groups is 1. The van der Waals surface area contributed by atoms with Gasteiger partial charge in [-0.1, -0.05) is 35.5 Å². The minimum absolute atomic E-state index is 0.0929. The third-order valence-electron chi connectivity index (χ3n) is 4.93. The van der Waals surface area contributed by atoms with Crippen LogP contribution >= 0.6 is 23.4 Å². The summed E-state index contributed by atoms with van der Waals surface area (Å²) in [6.45, 7) is 2.27. The third-order valence-corrected chi connectivity index (χ3v) is 6.23. The Morgan fingerprint density at radius 3 is 2.42 bits per heavy atom. The van der Waals surface area contributed by atoms with E-state index in [1.807, 2.05) is 60.0 Å². The maximum atomic E-state index is 12.8. The van der Waals surface area contributed by atoms with Crippen LogP contribution in [0.2, 0.25) is 5.02 Å². The number of nitrogens with one attached hydrogen (secondary N) is 1. The highest BCUT2D eigenvalue weighted by Crippen LogP contribution is 2.30.